The second kappa shape index (κ2) is 7.81. The third-order valence-electron chi connectivity index (χ3n) is 3.98. The number of azide groups is 1. The van der Waals surface area contributed by atoms with Crippen molar-refractivity contribution in [2.24, 2.45) is 5.11 Å². The summed E-state index contributed by atoms with van der Waals surface area (Å²) in [5.41, 5.74) is 10.2. The monoisotopic (exact) mass is 332 g/mol. The summed E-state index contributed by atoms with van der Waals surface area (Å²) in [5.74, 6) is -0.898. The van der Waals surface area contributed by atoms with Gasteiger partial charge in [-0.15, -0.1) is 0 Å². The van der Waals surface area contributed by atoms with Gasteiger partial charge in [0.25, 0.3) is 5.91 Å². The van der Waals surface area contributed by atoms with Crippen LogP contribution in [0.2, 0.25) is 0 Å². The van der Waals surface area contributed by atoms with Crippen LogP contribution in [0.4, 0.5) is 11.4 Å². The maximum absolute atomic E-state index is 13.0. The molecule has 0 saturated carbocycles. The second-order valence-electron chi connectivity index (χ2n) is 5.54. The molecule has 1 amide bonds. The number of methoxy groups -OCH3 is 1. The highest BCUT2D eigenvalue weighted by Crippen LogP contribution is 2.35. The average Bonchev–Trinajstić information content (AvgIpc) is 3.11. The molecule has 2 unspecified atom stereocenters. The van der Waals surface area contributed by atoms with Crippen molar-refractivity contribution in [2.45, 2.75) is 38.8 Å². The van der Waals surface area contributed by atoms with E-state index >= 15 is 0 Å². The molecule has 1 fully saturated rings. The fraction of sp³-hybridized carbons (Fsp3) is 0.500. The number of nitrogens with zero attached hydrogens (tertiary/aromatic N) is 4. The number of hydrogen-bond donors (Lipinski definition) is 0. The molecule has 0 aromatic heterocycles. The predicted octanol–water partition coefficient (Wildman–Crippen LogP) is 3.01. The number of hydrogen-bond acceptors (Lipinski definition) is 5. The van der Waals surface area contributed by atoms with Crippen LogP contribution in [-0.4, -0.2) is 37.7 Å². The van der Waals surface area contributed by atoms with E-state index in [0.29, 0.717) is 24.3 Å². The van der Waals surface area contributed by atoms with Crippen LogP contribution in [0.3, 0.4) is 0 Å². The first-order chi connectivity index (χ1) is 11.5. The molecule has 0 aliphatic carbocycles. The third-order valence-corrected chi connectivity index (χ3v) is 3.98. The van der Waals surface area contributed by atoms with Crippen LogP contribution in [0.1, 0.15) is 25.3 Å². The standard InChI is InChI=1S/C16H20N4O4/c1-10-6-4-7-12(18-19-17)14(10)20(11(2)16(22)23-3)15(21)13-8-5-9-24-13/h4,6-7,11,13H,5,8-9H2,1-3H3. The molecule has 1 aromatic rings. The summed E-state index contributed by atoms with van der Waals surface area (Å²) in [4.78, 5) is 29.2. The average molecular weight is 332 g/mol. The molecule has 24 heavy (non-hydrogen) atoms. The van der Waals surface area contributed by atoms with E-state index in [1.54, 1.807) is 32.0 Å². The van der Waals surface area contributed by atoms with Crippen LogP contribution < -0.4 is 4.90 Å². The van der Waals surface area contributed by atoms with Gasteiger partial charge in [0.15, 0.2) is 0 Å². The van der Waals surface area contributed by atoms with Gasteiger partial charge in [-0.3, -0.25) is 9.69 Å². The number of aryl methyl sites for hydroxylation is 1. The lowest BCUT2D eigenvalue weighted by molar-refractivity contribution is -0.144. The van der Waals surface area contributed by atoms with Gasteiger partial charge >= 0.3 is 5.97 Å². The summed E-state index contributed by atoms with van der Waals surface area (Å²) in [6.45, 7) is 3.87. The molecule has 1 aliphatic rings. The molecule has 2 atom stereocenters. The number of esters is 1. The first-order valence-corrected chi connectivity index (χ1v) is 7.68. The Labute approximate surface area is 140 Å². The number of carbonyl (C=O) groups is 2. The van der Waals surface area contributed by atoms with E-state index in [0.717, 1.165) is 6.42 Å². The Hall–Kier alpha value is -2.57. The largest absolute Gasteiger partial charge is 0.467 e. The predicted molar refractivity (Wildman–Crippen MR) is 87.9 cm³/mol. The van der Waals surface area contributed by atoms with E-state index in [-0.39, 0.29) is 11.6 Å². The van der Waals surface area contributed by atoms with Crippen molar-refractivity contribution >= 4 is 23.3 Å². The van der Waals surface area contributed by atoms with Crippen LogP contribution in [0.15, 0.2) is 23.3 Å². The fourth-order valence-electron chi connectivity index (χ4n) is 2.78. The molecular weight excluding hydrogens is 312 g/mol. The van der Waals surface area contributed by atoms with Gasteiger partial charge in [0.05, 0.1) is 18.5 Å². The van der Waals surface area contributed by atoms with Crippen molar-refractivity contribution in [3.63, 3.8) is 0 Å². The summed E-state index contributed by atoms with van der Waals surface area (Å²) >= 11 is 0. The Morgan fingerprint density at radius 2 is 2.25 bits per heavy atom. The van der Waals surface area contributed by atoms with Crippen molar-refractivity contribution < 1.29 is 19.1 Å². The first-order valence-electron chi connectivity index (χ1n) is 7.68. The molecule has 8 heteroatoms. The minimum Gasteiger partial charge on any atom is -0.467 e. The second-order valence-corrected chi connectivity index (χ2v) is 5.54. The van der Waals surface area contributed by atoms with Crippen LogP contribution in [0, 0.1) is 6.92 Å². The number of anilines is 1. The number of benzene rings is 1. The molecule has 8 nitrogen and oxygen atoms in total. The molecule has 0 radical (unpaired) electrons. The van der Waals surface area contributed by atoms with E-state index in [1.807, 2.05) is 0 Å². The molecule has 2 rings (SSSR count). The lowest BCUT2D eigenvalue weighted by Gasteiger charge is -2.31. The Morgan fingerprint density at radius 1 is 1.50 bits per heavy atom. The zero-order valence-corrected chi connectivity index (χ0v) is 13.9. The third kappa shape index (κ3) is 3.50. The molecule has 0 bridgehead atoms. The van der Waals surface area contributed by atoms with Gasteiger partial charge in [-0.05, 0) is 37.8 Å². The zero-order valence-electron chi connectivity index (χ0n) is 13.9. The Bertz CT molecular complexity index is 679. The van der Waals surface area contributed by atoms with Crippen molar-refractivity contribution in [1.82, 2.24) is 0 Å². The minimum atomic E-state index is -0.875. The highest BCUT2D eigenvalue weighted by molar-refractivity contribution is 6.04. The smallest absolute Gasteiger partial charge is 0.328 e. The first kappa shape index (κ1) is 17.8. The number of carbonyl (C=O) groups excluding carboxylic acids is 2. The van der Waals surface area contributed by atoms with Gasteiger partial charge < -0.3 is 9.47 Å². The Kier molecular flexibility index (Phi) is 5.78. The molecule has 1 saturated heterocycles. The highest BCUT2D eigenvalue weighted by Gasteiger charge is 2.36. The summed E-state index contributed by atoms with van der Waals surface area (Å²) in [6, 6.07) is 4.23. The topological polar surface area (TPSA) is 105 Å². The van der Waals surface area contributed by atoms with Crippen molar-refractivity contribution in [2.75, 3.05) is 18.6 Å². The molecule has 0 N–H and O–H groups in total. The van der Waals surface area contributed by atoms with E-state index < -0.39 is 18.1 Å². The lowest BCUT2D eigenvalue weighted by Crippen LogP contribution is -2.48. The molecule has 1 heterocycles. The van der Waals surface area contributed by atoms with Crippen molar-refractivity contribution in [3.05, 3.63) is 34.2 Å². The fourth-order valence-corrected chi connectivity index (χ4v) is 2.78. The maximum Gasteiger partial charge on any atom is 0.328 e. The van der Waals surface area contributed by atoms with Gasteiger partial charge in [-0.2, -0.15) is 0 Å². The van der Waals surface area contributed by atoms with Gasteiger partial charge in [0.2, 0.25) is 0 Å². The van der Waals surface area contributed by atoms with E-state index in [9.17, 15) is 9.59 Å². The minimum absolute atomic E-state index is 0.277. The van der Waals surface area contributed by atoms with E-state index in [1.165, 1.54) is 12.0 Å². The Balaban J connectivity index is 2.55. The van der Waals surface area contributed by atoms with Crippen LogP contribution in [0.25, 0.3) is 10.4 Å². The molecular formula is C16H20N4O4. The maximum atomic E-state index is 13.0. The van der Waals surface area contributed by atoms with Gasteiger partial charge in [0.1, 0.15) is 12.1 Å². The van der Waals surface area contributed by atoms with Gasteiger partial charge in [0, 0.05) is 11.5 Å². The number of ether oxygens (including phenoxy) is 2. The van der Waals surface area contributed by atoms with Crippen LogP contribution in [0.5, 0.6) is 0 Å². The molecule has 128 valence electrons. The van der Waals surface area contributed by atoms with E-state index in [4.69, 9.17) is 15.0 Å². The molecule has 0 spiro atoms. The Morgan fingerprint density at radius 3 is 2.83 bits per heavy atom. The quantitative estimate of drug-likeness (QED) is 0.357. The van der Waals surface area contributed by atoms with Gasteiger partial charge in [-0.1, -0.05) is 23.3 Å². The summed E-state index contributed by atoms with van der Waals surface area (Å²) in [7, 11) is 1.26. The number of rotatable bonds is 5. The van der Waals surface area contributed by atoms with Crippen LogP contribution in [-0.2, 0) is 19.1 Å². The number of para-hydroxylation sites is 1. The van der Waals surface area contributed by atoms with Gasteiger partial charge in [-0.25, -0.2) is 4.79 Å². The number of amides is 1. The lowest BCUT2D eigenvalue weighted by atomic mass is 10.1. The van der Waals surface area contributed by atoms with Crippen LogP contribution >= 0.6 is 0 Å². The van der Waals surface area contributed by atoms with E-state index in [2.05, 4.69) is 10.0 Å². The van der Waals surface area contributed by atoms with Crippen molar-refractivity contribution in [3.8, 4) is 0 Å². The summed E-state index contributed by atoms with van der Waals surface area (Å²) < 4.78 is 10.3. The highest BCUT2D eigenvalue weighted by atomic mass is 16.5. The molecule has 1 aliphatic heterocycles. The van der Waals surface area contributed by atoms with Crippen molar-refractivity contribution in [1.29, 1.82) is 0 Å². The summed E-state index contributed by atoms with van der Waals surface area (Å²) in [6.07, 6.45) is 0.760. The SMILES string of the molecule is COC(=O)C(C)N(C(=O)C1CCCO1)c1c(C)cccc1N=[N+]=[N-]. The normalized spacial score (nSPS) is 17.7. The zero-order chi connectivity index (χ0) is 17.7. The summed E-state index contributed by atoms with van der Waals surface area (Å²) in [5, 5.41) is 3.66. The molecule has 1 aromatic carbocycles.